The zero-order valence-electron chi connectivity index (χ0n) is 9.58. The van der Waals surface area contributed by atoms with Gasteiger partial charge in [-0.1, -0.05) is 0 Å². The molecule has 1 atom stereocenters. The molecule has 1 aromatic rings. The van der Waals surface area contributed by atoms with Crippen molar-refractivity contribution < 1.29 is 0 Å². The molecule has 1 unspecified atom stereocenters. The summed E-state index contributed by atoms with van der Waals surface area (Å²) in [6.07, 6.45) is 5.11. The molecule has 0 amide bonds. The Kier molecular flexibility index (Phi) is 3.07. The molecular formula is C11H20N4. The van der Waals surface area contributed by atoms with Crippen LogP contribution in [0.3, 0.4) is 0 Å². The Morgan fingerprint density at radius 2 is 2.53 bits per heavy atom. The summed E-state index contributed by atoms with van der Waals surface area (Å²) < 4.78 is 2.18. The standard InChI is InChI=1S/C11H20N4/c1-10-13-5-7-15(10)8-6-14-11(2)3-4-12-9-11/h5,7,12,14H,3-4,6,8-9H2,1-2H3. The highest BCUT2D eigenvalue weighted by atomic mass is 15.1. The van der Waals surface area contributed by atoms with Crippen molar-refractivity contribution in [1.29, 1.82) is 0 Å². The van der Waals surface area contributed by atoms with Gasteiger partial charge in [-0.3, -0.25) is 0 Å². The fourth-order valence-electron chi connectivity index (χ4n) is 2.09. The third-order valence-corrected chi connectivity index (χ3v) is 3.20. The van der Waals surface area contributed by atoms with Crippen LogP contribution in [-0.2, 0) is 6.54 Å². The minimum atomic E-state index is 0.286. The molecule has 0 radical (unpaired) electrons. The van der Waals surface area contributed by atoms with Gasteiger partial charge in [0.05, 0.1) is 0 Å². The summed E-state index contributed by atoms with van der Waals surface area (Å²) in [6.45, 7) is 8.55. The molecule has 2 heterocycles. The van der Waals surface area contributed by atoms with E-state index in [0.29, 0.717) is 0 Å². The SMILES string of the molecule is Cc1nccn1CCNC1(C)CCNC1. The van der Waals surface area contributed by atoms with Gasteiger partial charge in [0.1, 0.15) is 5.82 Å². The normalized spacial score (nSPS) is 26.0. The van der Waals surface area contributed by atoms with E-state index < -0.39 is 0 Å². The van der Waals surface area contributed by atoms with Crippen LogP contribution in [-0.4, -0.2) is 34.7 Å². The summed E-state index contributed by atoms with van der Waals surface area (Å²) in [6, 6.07) is 0. The number of aromatic nitrogens is 2. The van der Waals surface area contributed by atoms with Gasteiger partial charge >= 0.3 is 0 Å². The fraction of sp³-hybridized carbons (Fsp3) is 0.727. The van der Waals surface area contributed by atoms with Crippen LogP contribution in [0.2, 0.25) is 0 Å². The smallest absolute Gasteiger partial charge is 0.105 e. The molecule has 2 N–H and O–H groups in total. The average molecular weight is 208 g/mol. The van der Waals surface area contributed by atoms with E-state index in [9.17, 15) is 0 Å². The van der Waals surface area contributed by atoms with Crippen LogP contribution in [0, 0.1) is 6.92 Å². The second-order valence-corrected chi connectivity index (χ2v) is 4.58. The van der Waals surface area contributed by atoms with Gasteiger partial charge in [0, 0.05) is 37.6 Å². The van der Waals surface area contributed by atoms with Gasteiger partial charge in [-0.2, -0.15) is 0 Å². The van der Waals surface area contributed by atoms with E-state index in [0.717, 1.165) is 32.0 Å². The highest BCUT2D eigenvalue weighted by molar-refractivity contribution is 4.92. The Labute approximate surface area is 91.1 Å². The largest absolute Gasteiger partial charge is 0.334 e. The monoisotopic (exact) mass is 208 g/mol. The number of rotatable bonds is 4. The van der Waals surface area contributed by atoms with Crippen LogP contribution in [0.15, 0.2) is 12.4 Å². The first kappa shape index (κ1) is 10.6. The van der Waals surface area contributed by atoms with E-state index >= 15 is 0 Å². The summed E-state index contributed by atoms with van der Waals surface area (Å²) in [7, 11) is 0. The van der Waals surface area contributed by atoms with Crippen molar-refractivity contribution >= 4 is 0 Å². The molecule has 0 aromatic carbocycles. The lowest BCUT2D eigenvalue weighted by Gasteiger charge is -2.24. The number of nitrogens with one attached hydrogen (secondary N) is 2. The van der Waals surface area contributed by atoms with Gasteiger partial charge in [0.2, 0.25) is 0 Å². The van der Waals surface area contributed by atoms with Gasteiger partial charge in [-0.05, 0) is 26.8 Å². The van der Waals surface area contributed by atoms with Crippen LogP contribution in [0.25, 0.3) is 0 Å². The summed E-state index contributed by atoms with van der Waals surface area (Å²) in [5.74, 6) is 1.09. The Morgan fingerprint density at radius 3 is 3.13 bits per heavy atom. The lowest BCUT2D eigenvalue weighted by Crippen LogP contribution is -2.45. The van der Waals surface area contributed by atoms with Gasteiger partial charge in [-0.25, -0.2) is 4.98 Å². The lowest BCUT2D eigenvalue weighted by molar-refractivity contribution is 0.377. The van der Waals surface area contributed by atoms with Crippen LogP contribution < -0.4 is 10.6 Å². The molecule has 1 aliphatic heterocycles. The van der Waals surface area contributed by atoms with Gasteiger partial charge < -0.3 is 15.2 Å². The third-order valence-electron chi connectivity index (χ3n) is 3.20. The van der Waals surface area contributed by atoms with E-state index in [1.54, 1.807) is 0 Å². The second kappa shape index (κ2) is 4.33. The molecule has 1 fully saturated rings. The van der Waals surface area contributed by atoms with E-state index in [1.807, 2.05) is 19.3 Å². The highest BCUT2D eigenvalue weighted by Crippen LogP contribution is 2.12. The van der Waals surface area contributed by atoms with Crippen molar-refractivity contribution in [2.75, 3.05) is 19.6 Å². The summed E-state index contributed by atoms with van der Waals surface area (Å²) >= 11 is 0. The molecule has 2 rings (SSSR count). The van der Waals surface area contributed by atoms with E-state index in [4.69, 9.17) is 0 Å². The highest BCUT2D eigenvalue weighted by Gasteiger charge is 2.27. The first-order valence-corrected chi connectivity index (χ1v) is 5.63. The van der Waals surface area contributed by atoms with Crippen LogP contribution >= 0.6 is 0 Å². The number of aryl methyl sites for hydroxylation is 1. The van der Waals surface area contributed by atoms with E-state index in [1.165, 1.54) is 6.42 Å². The molecule has 0 aliphatic carbocycles. The Bertz CT molecular complexity index is 312. The molecule has 1 aromatic heterocycles. The van der Waals surface area contributed by atoms with Gasteiger partial charge in [0.15, 0.2) is 0 Å². The molecule has 1 aliphatic rings. The molecule has 84 valence electrons. The predicted molar refractivity (Wildman–Crippen MR) is 60.9 cm³/mol. The van der Waals surface area contributed by atoms with Crippen molar-refractivity contribution in [3.63, 3.8) is 0 Å². The number of nitrogens with zero attached hydrogens (tertiary/aromatic N) is 2. The second-order valence-electron chi connectivity index (χ2n) is 4.58. The number of hydrogen-bond acceptors (Lipinski definition) is 3. The zero-order chi connectivity index (χ0) is 10.7. The lowest BCUT2D eigenvalue weighted by atomic mass is 10.0. The first-order valence-electron chi connectivity index (χ1n) is 5.63. The number of hydrogen-bond donors (Lipinski definition) is 2. The summed E-state index contributed by atoms with van der Waals surface area (Å²) in [5, 5.41) is 7.00. The quantitative estimate of drug-likeness (QED) is 0.758. The molecule has 4 nitrogen and oxygen atoms in total. The molecule has 15 heavy (non-hydrogen) atoms. The maximum atomic E-state index is 4.21. The first-order chi connectivity index (χ1) is 7.20. The Balaban J connectivity index is 1.77. The molecule has 0 bridgehead atoms. The van der Waals surface area contributed by atoms with Crippen LogP contribution in [0.5, 0.6) is 0 Å². The molecule has 0 spiro atoms. The average Bonchev–Trinajstić information content (AvgIpc) is 2.78. The predicted octanol–water partition coefficient (Wildman–Crippen LogP) is 0.533. The third kappa shape index (κ3) is 2.58. The van der Waals surface area contributed by atoms with E-state index in [2.05, 4.69) is 27.1 Å². The van der Waals surface area contributed by atoms with Gasteiger partial charge in [0.25, 0.3) is 0 Å². The topological polar surface area (TPSA) is 41.9 Å². The molecule has 4 heteroatoms. The summed E-state index contributed by atoms with van der Waals surface area (Å²) in [4.78, 5) is 4.21. The maximum absolute atomic E-state index is 4.21. The zero-order valence-corrected chi connectivity index (χ0v) is 9.58. The Morgan fingerprint density at radius 1 is 1.67 bits per heavy atom. The maximum Gasteiger partial charge on any atom is 0.105 e. The van der Waals surface area contributed by atoms with Gasteiger partial charge in [-0.15, -0.1) is 0 Å². The number of imidazole rings is 1. The summed E-state index contributed by atoms with van der Waals surface area (Å²) in [5.41, 5.74) is 0.286. The molecule has 0 saturated carbocycles. The van der Waals surface area contributed by atoms with Crippen LogP contribution in [0.1, 0.15) is 19.2 Å². The van der Waals surface area contributed by atoms with Crippen molar-refractivity contribution in [2.24, 2.45) is 0 Å². The van der Waals surface area contributed by atoms with Crippen molar-refractivity contribution in [3.8, 4) is 0 Å². The van der Waals surface area contributed by atoms with Crippen LogP contribution in [0.4, 0.5) is 0 Å². The van der Waals surface area contributed by atoms with E-state index in [-0.39, 0.29) is 5.54 Å². The Hall–Kier alpha value is -0.870. The minimum Gasteiger partial charge on any atom is -0.334 e. The fourth-order valence-corrected chi connectivity index (χ4v) is 2.09. The molecule has 1 saturated heterocycles. The van der Waals surface area contributed by atoms with Crippen molar-refractivity contribution in [3.05, 3.63) is 18.2 Å². The molecular weight excluding hydrogens is 188 g/mol. The van der Waals surface area contributed by atoms with Crippen molar-refractivity contribution in [2.45, 2.75) is 32.4 Å². The minimum absolute atomic E-state index is 0.286. The van der Waals surface area contributed by atoms with Crippen molar-refractivity contribution in [1.82, 2.24) is 20.2 Å².